The highest BCUT2D eigenvalue weighted by atomic mass is 79.9. The van der Waals surface area contributed by atoms with Crippen molar-refractivity contribution in [1.29, 1.82) is 0 Å². The summed E-state index contributed by atoms with van der Waals surface area (Å²) in [6, 6.07) is 3.03. The first-order valence-corrected chi connectivity index (χ1v) is 9.30. The number of hydrogen-bond acceptors (Lipinski definition) is 4. The maximum atomic E-state index is 12.5. The second-order valence-electron chi connectivity index (χ2n) is 5.15. The number of halogens is 3. The summed E-state index contributed by atoms with van der Waals surface area (Å²) in [5.74, 6) is 0.422. The van der Waals surface area contributed by atoms with Gasteiger partial charge in [0.1, 0.15) is 5.75 Å². The summed E-state index contributed by atoms with van der Waals surface area (Å²) in [4.78, 5) is 0.114. The van der Waals surface area contributed by atoms with Gasteiger partial charge in [0.2, 0.25) is 10.0 Å². The third kappa shape index (κ3) is 4.72. The molecule has 2 rings (SSSR count). The van der Waals surface area contributed by atoms with Gasteiger partial charge in [-0.2, -0.15) is 0 Å². The van der Waals surface area contributed by atoms with Gasteiger partial charge >= 0.3 is 0 Å². The first-order chi connectivity index (χ1) is 9.83. The zero-order valence-electron chi connectivity index (χ0n) is 12.0. The van der Waals surface area contributed by atoms with Crippen molar-refractivity contribution >= 4 is 50.0 Å². The van der Waals surface area contributed by atoms with Crippen LogP contribution in [0.5, 0.6) is 5.75 Å². The van der Waals surface area contributed by atoms with Gasteiger partial charge in [0.05, 0.1) is 17.0 Å². The fourth-order valence-corrected chi connectivity index (χ4v) is 5.05. The summed E-state index contributed by atoms with van der Waals surface area (Å²) < 4.78 is 33.2. The van der Waals surface area contributed by atoms with Crippen LogP contribution in [-0.2, 0) is 10.0 Å². The number of hydrogen-bond donors (Lipinski definition) is 2. The molecular weight excluding hydrogens is 415 g/mol. The fourth-order valence-electron chi connectivity index (χ4n) is 2.39. The Hall–Kier alpha value is -0.0500. The highest BCUT2D eigenvalue weighted by Gasteiger charge is 2.26. The second-order valence-corrected chi connectivity index (χ2v) is 8.09. The highest BCUT2D eigenvalue weighted by molar-refractivity contribution is 9.10. The largest absolute Gasteiger partial charge is 0.495 e. The molecule has 1 saturated carbocycles. The van der Waals surface area contributed by atoms with Gasteiger partial charge in [0.25, 0.3) is 0 Å². The van der Waals surface area contributed by atoms with Gasteiger partial charge in [-0.25, -0.2) is 13.1 Å². The Bertz CT molecular complexity index is 620. The average molecular weight is 434 g/mol. The lowest BCUT2D eigenvalue weighted by Crippen LogP contribution is -2.40. The summed E-state index contributed by atoms with van der Waals surface area (Å²) in [6.45, 7) is 0. The SMILES string of the molecule is COc1cc(Br)c(S(=O)(=O)NC2CCC(N)CC2)cc1Cl.Cl. The number of nitrogens with one attached hydrogen (secondary N) is 1. The van der Waals surface area contributed by atoms with Crippen LogP contribution in [0.3, 0.4) is 0 Å². The van der Waals surface area contributed by atoms with E-state index in [1.165, 1.54) is 13.2 Å². The normalized spacial score (nSPS) is 22.0. The Kier molecular flexibility index (Phi) is 7.42. The smallest absolute Gasteiger partial charge is 0.241 e. The Labute approximate surface area is 150 Å². The molecule has 0 amide bonds. The van der Waals surface area contributed by atoms with Crippen LogP contribution >= 0.6 is 39.9 Å². The summed E-state index contributed by atoms with van der Waals surface area (Å²) in [5, 5.41) is 0.256. The topological polar surface area (TPSA) is 81.4 Å². The Morgan fingerprint density at radius 3 is 2.45 bits per heavy atom. The Morgan fingerprint density at radius 1 is 1.32 bits per heavy atom. The monoisotopic (exact) mass is 432 g/mol. The van der Waals surface area contributed by atoms with E-state index in [1.807, 2.05) is 0 Å². The van der Waals surface area contributed by atoms with E-state index < -0.39 is 10.0 Å². The van der Waals surface area contributed by atoms with E-state index in [2.05, 4.69) is 20.7 Å². The molecule has 1 fully saturated rings. The quantitative estimate of drug-likeness (QED) is 0.764. The van der Waals surface area contributed by atoms with Crippen LogP contribution in [0.2, 0.25) is 5.02 Å². The van der Waals surface area contributed by atoms with Crippen LogP contribution < -0.4 is 15.2 Å². The van der Waals surface area contributed by atoms with Gasteiger partial charge in [-0.3, -0.25) is 0 Å². The van der Waals surface area contributed by atoms with E-state index in [9.17, 15) is 8.42 Å². The predicted molar refractivity (Wildman–Crippen MR) is 93.5 cm³/mol. The van der Waals surface area contributed by atoms with Gasteiger partial charge in [-0.1, -0.05) is 11.6 Å². The Balaban J connectivity index is 0.00000242. The third-order valence-corrected chi connectivity index (χ3v) is 6.36. The van der Waals surface area contributed by atoms with Crippen molar-refractivity contribution in [2.45, 2.75) is 42.7 Å². The molecule has 0 atom stereocenters. The van der Waals surface area contributed by atoms with Crippen molar-refractivity contribution in [3.8, 4) is 5.75 Å². The van der Waals surface area contributed by atoms with E-state index in [4.69, 9.17) is 22.1 Å². The fraction of sp³-hybridized carbons (Fsp3) is 0.538. The zero-order valence-corrected chi connectivity index (χ0v) is 16.0. The number of sulfonamides is 1. The van der Waals surface area contributed by atoms with Crippen LogP contribution in [0.1, 0.15) is 25.7 Å². The lowest BCUT2D eigenvalue weighted by atomic mass is 9.93. The molecule has 0 radical (unpaired) electrons. The Morgan fingerprint density at radius 2 is 1.91 bits per heavy atom. The molecule has 1 aromatic carbocycles. The first-order valence-electron chi connectivity index (χ1n) is 6.64. The predicted octanol–water partition coefficient (Wildman–Crippen LogP) is 3.08. The zero-order chi connectivity index (χ0) is 15.6. The minimum absolute atomic E-state index is 0. The van der Waals surface area contributed by atoms with Crippen LogP contribution in [0.25, 0.3) is 0 Å². The standard InChI is InChI=1S/C13H18BrClN2O3S.ClH/c1-20-12-6-10(14)13(7-11(12)15)21(18,19)17-9-4-2-8(16)3-5-9;/h6-9,17H,2-5,16H2,1H3;1H. The maximum absolute atomic E-state index is 12.5. The molecule has 3 N–H and O–H groups in total. The lowest BCUT2D eigenvalue weighted by molar-refractivity contribution is 0.373. The van der Waals surface area contributed by atoms with Crippen molar-refractivity contribution in [3.05, 3.63) is 21.6 Å². The number of benzene rings is 1. The van der Waals surface area contributed by atoms with Gasteiger partial charge in [-0.05, 0) is 53.7 Å². The molecule has 5 nitrogen and oxygen atoms in total. The first kappa shape index (κ1) is 20.0. The summed E-state index contributed by atoms with van der Waals surface area (Å²) >= 11 is 9.27. The lowest BCUT2D eigenvalue weighted by Gasteiger charge is -2.26. The number of methoxy groups -OCH3 is 1. The molecule has 1 aliphatic carbocycles. The number of ether oxygens (including phenoxy) is 1. The molecule has 0 spiro atoms. The summed E-state index contributed by atoms with van der Waals surface area (Å²) in [7, 11) is -2.16. The van der Waals surface area contributed by atoms with Crippen LogP contribution in [0.4, 0.5) is 0 Å². The van der Waals surface area contributed by atoms with E-state index in [1.54, 1.807) is 6.07 Å². The van der Waals surface area contributed by atoms with Crippen LogP contribution in [0.15, 0.2) is 21.5 Å². The average Bonchev–Trinajstić information content (AvgIpc) is 2.43. The number of nitrogens with two attached hydrogens (primary N) is 1. The van der Waals surface area contributed by atoms with Crippen molar-refractivity contribution in [1.82, 2.24) is 4.72 Å². The molecule has 0 saturated heterocycles. The van der Waals surface area contributed by atoms with Crippen molar-refractivity contribution in [2.24, 2.45) is 5.73 Å². The second kappa shape index (κ2) is 8.17. The molecule has 0 aromatic heterocycles. The summed E-state index contributed by atoms with van der Waals surface area (Å²) in [6.07, 6.45) is 3.17. The molecule has 0 aliphatic heterocycles. The minimum Gasteiger partial charge on any atom is -0.495 e. The third-order valence-electron chi connectivity index (χ3n) is 3.59. The molecule has 126 valence electrons. The molecule has 1 aliphatic rings. The van der Waals surface area contributed by atoms with Gasteiger partial charge in [0, 0.05) is 16.6 Å². The van der Waals surface area contributed by atoms with Gasteiger partial charge in [0.15, 0.2) is 0 Å². The minimum atomic E-state index is -3.63. The number of rotatable bonds is 4. The van der Waals surface area contributed by atoms with E-state index >= 15 is 0 Å². The molecule has 9 heteroatoms. The molecular formula is C13H19BrCl2N2O3S. The van der Waals surface area contributed by atoms with E-state index in [0.717, 1.165) is 25.7 Å². The highest BCUT2D eigenvalue weighted by Crippen LogP contribution is 2.34. The van der Waals surface area contributed by atoms with E-state index in [0.29, 0.717) is 10.2 Å². The maximum Gasteiger partial charge on any atom is 0.241 e. The summed E-state index contributed by atoms with van der Waals surface area (Å²) in [5.41, 5.74) is 5.83. The molecule has 22 heavy (non-hydrogen) atoms. The van der Waals surface area contributed by atoms with E-state index in [-0.39, 0.29) is 34.4 Å². The van der Waals surface area contributed by atoms with Crippen LogP contribution in [-0.4, -0.2) is 27.6 Å². The van der Waals surface area contributed by atoms with Gasteiger partial charge in [-0.15, -0.1) is 12.4 Å². The molecule has 0 bridgehead atoms. The van der Waals surface area contributed by atoms with Crippen molar-refractivity contribution in [2.75, 3.05) is 7.11 Å². The van der Waals surface area contributed by atoms with Gasteiger partial charge < -0.3 is 10.5 Å². The molecule has 0 unspecified atom stereocenters. The van der Waals surface area contributed by atoms with Crippen molar-refractivity contribution in [3.63, 3.8) is 0 Å². The van der Waals surface area contributed by atoms with Crippen molar-refractivity contribution < 1.29 is 13.2 Å². The molecule has 0 heterocycles. The van der Waals surface area contributed by atoms with Crippen LogP contribution in [0, 0.1) is 0 Å². The molecule has 1 aromatic rings.